The van der Waals surface area contributed by atoms with E-state index >= 15 is 0 Å². The van der Waals surface area contributed by atoms with Crippen molar-refractivity contribution in [3.05, 3.63) is 0 Å². The van der Waals surface area contributed by atoms with E-state index in [1.54, 1.807) is 11.8 Å². The smallest absolute Gasteiger partial charge is 0.221 e. The molecule has 0 radical (unpaired) electrons. The zero-order valence-electron chi connectivity index (χ0n) is 12.8. The van der Waals surface area contributed by atoms with Gasteiger partial charge in [0.25, 0.3) is 0 Å². The van der Waals surface area contributed by atoms with Gasteiger partial charge < -0.3 is 15.4 Å². The van der Waals surface area contributed by atoms with E-state index in [1.165, 1.54) is 11.8 Å². The Balaban J connectivity index is 2.23. The van der Waals surface area contributed by atoms with Gasteiger partial charge in [0.05, 0.1) is 13.2 Å². The monoisotopic (exact) mass is 316 g/mol. The highest BCUT2D eigenvalue weighted by Gasteiger charge is 2.08. The van der Waals surface area contributed by atoms with Crippen LogP contribution in [0.5, 0.6) is 0 Å². The van der Waals surface area contributed by atoms with Gasteiger partial charge in [0, 0.05) is 38.4 Å². The number of carbonyl (C=O) groups is 1. The van der Waals surface area contributed by atoms with Crippen LogP contribution in [-0.2, 0) is 16.1 Å². The fourth-order valence-electron chi connectivity index (χ4n) is 1.55. The van der Waals surface area contributed by atoms with Crippen LogP contribution in [0.3, 0.4) is 0 Å². The summed E-state index contributed by atoms with van der Waals surface area (Å²) in [5.41, 5.74) is 0. The Kier molecular flexibility index (Phi) is 8.95. The molecule has 0 aliphatic heterocycles. The number of thioether (sulfide) groups is 1. The minimum absolute atomic E-state index is 0.0535. The molecule has 0 aromatic carbocycles. The van der Waals surface area contributed by atoms with Crippen molar-refractivity contribution in [1.29, 1.82) is 0 Å². The first kappa shape index (κ1) is 17.9. The van der Waals surface area contributed by atoms with Gasteiger partial charge in [-0.05, 0) is 24.3 Å². The number of nitrogens with one attached hydrogen (secondary N) is 2. The fourth-order valence-corrected chi connectivity index (χ4v) is 2.39. The Morgan fingerprint density at radius 3 is 2.95 bits per heavy atom. The summed E-state index contributed by atoms with van der Waals surface area (Å²) in [6, 6.07) is 0.172. The minimum Gasteiger partial charge on any atom is -0.383 e. The van der Waals surface area contributed by atoms with Gasteiger partial charge in [0.1, 0.15) is 0 Å². The molecule has 1 heterocycles. The molecule has 0 spiro atoms. The van der Waals surface area contributed by atoms with E-state index in [0.29, 0.717) is 25.3 Å². The number of methoxy groups -OCH3 is 1. The maximum Gasteiger partial charge on any atom is 0.221 e. The predicted octanol–water partition coefficient (Wildman–Crippen LogP) is -0.0841. The van der Waals surface area contributed by atoms with Crippen molar-refractivity contribution in [3.63, 3.8) is 0 Å². The third kappa shape index (κ3) is 7.98. The van der Waals surface area contributed by atoms with Gasteiger partial charge in [-0.1, -0.05) is 11.8 Å². The number of hydrogen-bond donors (Lipinski definition) is 2. The summed E-state index contributed by atoms with van der Waals surface area (Å²) in [5.74, 6) is 0.716. The van der Waals surface area contributed by atoms with E-state index in [2.05, 4.69) is 26.2 Å². The maximum absolute atomic E-state index is 11.5. The number of rotatable bonds is 11. The van der Waals surface area contributed by atoms with Crippen LogP contribution >= 0.6 is 11.8 Å². The Morgan fingerprint density at radius 1 is 1.43 bits per heavy atom. The largest absolute Gasteiger partial charge is 0.383 e. The second kappa shape index (κ2) is 10.5. The Bertz CT molecular complexity index is 412. The first-order valence-corrected chi connectivity index (χ1v) is 8.00. The molecule has 9 heteroatoms. The van der Waals surface area contributed by atoms with Crippen LogP contribution in [0.15, 0.2) is 5.16 Å². The summed E-state index contributed by atoms with van der Waals surface area (Å²) in [7, 11) is 1.67. The van der Waals surface area contributed by atoms with Gasteiger partial charge in [-0.25, -0.2) is 4.68 Å². The predicted molar refractivity (Wildman–Crippen MR) is 81.2 cm³/mol. The van der Waals surface area contributed by atoms with Crippen molar-refractivity contribution in [2.75, 3.05) is 32.6 Å². The van der Waals surface area contributed by atoms with E-state index in [9.17, 15) is 4.79 Å². The van der Waals surface area contributed by atoms with E-state index in [4.69, 9.17) is 4.74 Å². The van der Waals surface area contributed by atoms with Crippen molar-refractivity contribution in [1.82, 2.24) is 30.8 Å². The topological polar surface area (TPSA) is 94.0 Å². The summed E-state index contributed by atoms with van der Waals surface area (Å²) in [5, 5.41) is 18.4. The molecular formula is C12H24N6O2S. The van der Waals surface area contributed by atoms with Crippen LogP contribution in [0, 0.1) is 0 Å². The van der Waals surface area contributed by atoms with Gasteiger partial charge in [-0.2, -0.15) is 0 Å². The summed E-state index contributed by atoms with van der Waals surface area (Å²) < 4.78 is 6.70. The molecule has 0 saturated heterocycles. The Labute approximate surface area is 129 Å². The zero-order chi connectivity index (χ0) is 15.5. The van der Waals surface area contributed by atoms with Crippen LogP contribution in [0.25, 0.3) is 0 Å². The van der Waals surface area contributed by atoms with Crippen LogP contribution < -0.4 is 10.6 Å². The highest BCUT2D eigenvalue weighted by Crippen LogP contribution is 2.14. The third-order valence-electron chi connectivity index (χ3n) is 2.49. The number of hydrogen-bond acceptors (Lipinski definition) is 7. The summed E-state index contributed by atoms with van der Waals surface area (Å²) >= 11 is 1.49. The number of nitrogens with zero attached hydrogens (tertiary/aromatic N) is 4. The number of ether oxygens (including phenoxy) is 1. The lowest BCUT2D eigenvalue weighted by Crippen LogP contribution is -2.30. The van der Waals surface area contributed by atoms with Gasteiger partial charge in [0.2, 0.25) is 11.1 Å². The van der Waals surface area contributed by atoms with Crippen LogP contribution in [-0.4, -0.2) is 64.7 Å². The summed E-state index contributed by atoms with van der Waals surface area (Å²) in [6.45, 7) is 6.84. The standard InChI is InChI=1S/C12H24N6O2S/c1-10(2)14-11(19)4-9-21-12-15-16-17-18(12)7-5-13-6-8-20-3/h10,13H,4-9H2,1-3H3,(H,14,19). The first-order valence-electron chi connectivity index (χ1n) is 7.01. The molecular weight excluding hydrogens is 292 g/mol. The quantitative estimate of drug-likeness (QED) is 0.435. The molecule has 0 atom stereocenters. The molecule has 0 aliphatic rings. The lowest BCUT2D eigenvalue weighted by Gasteiger charge is -2.08. The highest BCUT2D eigenvalue weighted by molar-refractivity contribution is 7.99. The molecule has 1 aromatic rings. The number of amides is 1. The summed E-state index contributed by atoms with van der Waals surface area (Å²) in [4.78, 5) is 11.5. The second-order valence-corrected chi connectivity index (χ2v) is 5.81. The average Bonchev–Trinajstić information content (AvgIpc) is 2.85. The van der Waals surface area contributed by atoms with Crippen molar-refractivity contribution in [2.45, 2.75) is 38.0 Å². The van der Waals surface area contributed by atoms with Crippen molar-refractivity contribution < 1.29 is 9.53 Å². The van der Waals surface area contributed by atoms with Crippen molar-refractivity contribution in [3.8, 4) is 0 Å². The van der Waals surface area contributed by atoms with E-state index in [-0.39, 0.29) is 11.9 Å². The Hall–Kier alpha value is -1.19. The molecule has 0 aliphatic carbocycles. The second-order valence-electron chi connectivity index (χ2n) is 4.75. The highest BCUT2D eigenvalue weighted by atomic mass is 32.2. The number of tetrazole rings is 1. The van der Waals surface area contributed by atoms with Crippen LogP contribution in [0.1, 0.15) is 20.3 Å². The van der Waals surface area contributed by atoms with Crippen molar-refractivity contribution >= 4 is 17.7 Å². The van der Waals surface area contributed by atoms with Gasteiger partial charge in [0.15, 0.2) is 0 Å². The maximum atomic E-state index is 11.5. The lowest BCUT2D eigenvalue weighted by atomic mass is 10.3. The molecule has 120 valence electrons. The minimum atomic E-state index is 0.0535. The average molecular weight is 316 g/mol. The molecule has 1 aromatic heterocycles. The van der Waals surface area contributed by atoms with Gasteiger partial charge >= 0.3 is 0 Å². The van der Waals surface area contributed by atoms with Crippen molar-refractivity contribution in [2.24, 2.45) is 0 Å². The molecule has 0 saturated carbocycles. The normalized spacial score (nSPS) is 11.0. The molecule has 0 bridgehead atoms. The number of aromatic nitrogens is 4. The molecule has 0 fully saturated rings. The van der Waals surface area contributed by atoms with Gasteiger partial charge in [-0.15, -0.1) is 5.10 Å². The Morgan fingerprint density at radius 2 is 2.24 bits per heavy atom. The molecule has 1 rings (SSSR count). The van der Waals surface area contributed by atoms with Crippen LogP contribution in [0.2, 0.25) is 0 Å². The summed E-state index contributed by atoms with van der Waals surface area (Å²) in [6.07, 6.45) is 0.460. The number of carbonyl (C=O) groups excluding carboxylic acids is 1. The molecule has 2 N–H and O–H groups in total. The molecule has 21 heavy (non-hydrogen) atoms. The fraction of sp³-hybridized carbons (Fsp3) is 0.833. The van der Waals surface area contributed by atoms with Gasteiger partial charge in [-0.3, -0.25) is 4.79 Å². The van der Waals surface area contributed by atoms with Crippen LogP contribution in [0.4, 0.5) is 0 Å². The van der Waals surface area contributed by atoms with E-state index in [0.717, 1.165) is 18.2 Å². The zero-order valence-corrected chi connectivity index (χ0v) is 13.7. The SMILES string of the molecule is COCCNCCn1nnnc1SCCC(=O)NC(C)C. The lowest BCUT2D eigenvalue weighted by molar-refractivity contribution is -0.121. The molecule has 0 unspecified atom stereocenters. The molecule has 8 nitrogen and oxygen atoms in total. The third-order valence-corrected chi connectivity index (χ3v) is 3.45. The first-order chi connectivity index (χ1) is 10.1. The molecule has 1 amide bonds. The van der Waals surface area contributed by atoms with E-state index in [1.807, 2.05) is 13.8 Å². The van der Waals surface area contributed by atoms with E-state index < -0.39 is 0 Å².